The van der Waals surface area contributed by atoms with Gasteiger partial charge < -0.3 is 0 Å². The molecule has 0 N–H and O–H groups in total. The summed E-state index contributed by atoms with van der Waals surface area (Å²) in [5, 5.41) is 12.1. The lowest BCUT2D eigenvalue weighted by Gasteiger charge is -2.34. The van der Waals surface area contributed by atoms with E-state index in [1.807, 2.05) is 4.68 Å². The van der Waals surface area contributed by atoms with E-state index in [2.05, 4.69) is 34.3 Å². The smallest absolute Gasteiger partial charge is 0.165 e. The van der Waals surface area contributed by atoms with Gasteiger partial charge in [0.15, 0.2) is 5.82 Å². The van der Waals surface area contributed by atoms with Crippen LogP contribution in [0.25, 0.3) is 0 Å². The molecule has 102 valence electrons. The van der Waals surface area contributed by atoms with E-state index in [-0.39, 0.29) is 0 Å². The van der Waals surface area contributed by atoms with Gasteiger partial charge in [0.05, 0.1) is 6.54 Å². The van der Waals surface area contributed by atoms with Crippen molar-refractivity contribution in [3.8, 4) is 0 Å². The first-order valence-corrected chi connectivity index (χ1v) is 7.34. The van der Waals surface area contributed by atoms with Gasteiger partial charge in [-0.25, -0.2) is 4.68 Å². The Bertz CT molecular complexity index is 349. The molecule has 2 rings (SSSR count). The van der Waals surface area contributed by atoms with E-state index in [0.29, 0.717) is 0 Å². The molecule has 1 saturated heterocycles. The summed E-state index contributed by atoms with van der Waals surface area (Å²) in [5.74, 6) is 1.03. The highest BCUT2D eigenvalue weighted by molar-refractivity contribution is 4.85. The van der Waals surface area contributed by atoms with Gasteiger partial charge in [-0.2, -0.15) is 0 Å². The van der Waals surface area contributed by atoms with Gasteiger partial charge in [0.25, 0.3) is 0 Å². The first kappa shape index (κ1) is 13.5. The third-order valence-corrected chi connectivity index (χ3v) is 3.89. The van der Waals surface area contributed by atoms with Crippen LogP contribution in [-0.2, 0) is 13.1 Å². The molecule has 1 unspecified atom stereocenters. The summed E-state index contributed by atoms with van der Waals surface area (Å²) in [7, 11) is 0. The van der Waals surface area contributed by atoms with Crippen molar-refractivity contribution in [1.29, 1.82) is 0 Å². The molecule has 18 heavy (non-hydrogen) atoms. The molecule has 0 radical (unpaired) electrons. The summed E-state index contributed by atoms with van der Waals surface area (Å²) in [6.07, 6.45) is 7.57. The molecule has 2 heterocycles. The molecule has 1 fully saturated rings. The highest BCUT2D eigenvalue weighted by Gasteiger charge is 2.22. The average Bonchev–Trinajstić information content (AvgIpc) is 2.84. The molecule has 1 aromatic heterocycles. The minimum absolute atomic E-state index is 0.718. The van der Waals surface area contributed by atoms with Gasteiger partial charge in [-0.3, -0.25) is 4.90 Å². The lowest BCUT2D eigenvalue weighted by molar-refractivity contribution is 0.130. The van der Waals surface area contributed by atoms with E-state index in [9.17, 15) is 0 Å². The molecule has 5 nitrogen and oxygen atoms in total. The number of piperidine rings is 1. The Morgan fingerprint density at radius 2 is 2.17 bits per heavy atom. The van der Waals surface area contributed by atoms with Crippen LogP contribution in [0.15, 0.2) is 0 Å². The number of tetrazole rings is 1. The largest absolute Gasteiger partial charge is 0.293 e. The van der Waals surface area contributed by atoms with Gasteiger partial charge in [-0.15, -0.1) is 5.10 Å². The standard InChI is InChI=1S/C13H25N5/c1-3-5-10-18-13(14-15-16-18)11-17-9-7-6-8-12(17)4-2/h12H,3-11H2,1-2H3. The van der Waals surface area contributed by atoms with Gasteiger partial charge in [-0.05, 0) is 42.7 Å². The predicted molar refractivity (Wildman–Crippen MR) is 71.1 cm³/mol. The Morgan fingerprint density at radius 3 is 2.94 bits per heavy atom. The molecule has 1 atom stereocenters. The summed E-state index contributed by atoms with van der Waals surface area (Å²) in [4.78, 5) is 2.55. The van der Waals surface area contributed by atoms with Gasteiger partial charge >= 0.3 is 0 Å². The zero-order valence-electron chi connectivity index (χ0n) is 11.7. The number of aryl methyl sites for hydroxylation is 1. The van der Waals surface area contributed by atoms with E-state index in [1.165, 1.54) is 38.6 Å². The number of aromatic nitrogens is 4. The summed E-state index contributed by atoms with van der Waals surface area (Å²) >= 11 is 0. The lowest BCUT2D eigenvalue weighted by Crippen LogP contribution is -2.39. The molecule has 1 aromatic rings. The predicted octanol–water partition coefficient (Wildman–Crippen LogP) is 2.24. The van der Waals surface area contributed by atoms with E-state index in [1.54, 1.807) is 0 Å². The van der Waals surface area contributed by atoms with E-state index >= 15 is 0 Å². The second-order valence-corrected chi connectivity index (χ2v) is 5.20. The van der Waals surface area contributed by atoms with Crippen molar-refractivity contribution < 1.29 is 0 Å². The van der Waals surface area contributed by atoms with Crippen molar-refractivity contribution in [2.24, 2.45) is 0 Å². The first-order valence-electron chi connectivity index (χ1n) is 7.34. The molecule has 0 spiro atoms. The van der Waals surface area contributed by atoms with Crippen LogP contribution in [-0.4, -0.2) is 37.7 Å². The third-order valence-electron chi connectivity index (χ3n) is 3.89. The van der Waals surface area contributed by atoms with E-state index < -0.39 is 0 Å². The molecule has 0 saturated carbocycles. The maximum Gasteiger partial charge on any atom is 0.165 e. The van der Waals surface area contributed by atoms with Crippen molar-refractivity contribution in [2.45, 2.75) is 71.5 Å². The van der Waals surface area contributed by atoms with Gasteiger partial charge in [0.1, 0.15) is 0 Å². The molecule has 0 amide bonds. The highest BCUT2D eigenvalue weighted by Crippen LogP contribution is 2.20. The maximum atomic E-state index is 4.19. The van der Waals surface area contributed by atoms with Crippen LogP contribution in [0.2, 0.25) is 0 Å². The van der Waals surface area contributed by atoms with E-state index in [4.69, 9.17) is 0 Å². The summed E-state index contributed by atoms with van der Waals surface area (Å²) in [5.41, 5.74) is 0. The van der Waals surface area contributed by atoms with Crippen molar-refractivity contribution in [2.75, 3.05) is 6.54 Å². The number of hydrogen-bond acceptors (Lipinski definition) is 4. The Morgan fingerprint density at radius 1 is 1.28 bits per heavy atom. The molecular formula is C13H25N5. The van der Waals surface area contributed by atoms with Crippen molar-refractivity contribution >= 4 is 0 Å². The number of hydrogen-bond donors (Lipinski definition) is 0. The summed E-state index contributed by atoms with van der Waals surface area (Å²) < 4.78 is 1.98. The van der Waals surface area contributed by atoms with Gasteiger partial charge in [0.2, 0.25) is 0 Å². The average molecular weight is 251 g/mol. The van der Waals surface area contributed by atoms with Crippen LogP contribution < -0.4 is 0 Å². The molecule has 0 bridgehead atoms. The van der Waals surface area contributed by atoms with Gasteiger partial charge in [0, 0.05) is 12.6 Å². The number of likely N-dealkylation sites (tertiary alicyclic amines) is 1. The van der Waals surface area contributed by atoms with Crippen LogP contribution >= 0.6 is 0 Å². The fourth-order valence-corrected chi connectivity index (χ4v) is 2.73. The fraction of sp³-hybridized carbons (Fsp3) is 0.923. The van der Waals surface area contributed by atoms with Crippen molar-refractivity contribution in [3.05, 3.63) is 5.82 Å². The quantitative estimate of drug-likeness (QED) is 0.778. The molecule has 1 aliphatic rings. The third kappa shape index (κ3) is 3.28. The molecule has 0 aliphatic carbocycles. The molecule has 5 heteroatoms. The van der Waals surface area contributed by atoms with Crippen LogP contribution in [0.5, 0.6) is 0 Å². The monoisotopic (exact) mass is 251 g/mol. The lowest BCUT2D eigenvalue weighted by atomic mass is 10.0. The number of unbranched alkanes of at least 4 members (excludes halogenated alkanes) is 1. The molecule has 0 aromatic carbocycles. The Kier molecular flexibility index (Phi) is 5.11. The van der Waals surface area contributed by atoms with Gasteiger partial charge in [-0.1, -0.05) is 26.7 Å². The number of rotatable bonds is 6. The normalized spacial score (nSPS) is 21.3. The Hall–Kier alpha value is -0.970. The molecular weight excluding hydrogens is 226 g/mol. The topological polar surface area (TPSA) is 46.8 Å². The summed E-state index contributed by atoms with van der Waals surface area (Å²) in [6, 6.07) is 0.718. The molecule has 1 aliphatic heterocycles. The minimum Gasteiger partial charge on any atom is -0.293 e. The Balaban J connectivity index is 1.96. The summed E-state index contributed by atoms with van der Waals surface area (Å²) in [6.45, 7) is 7.53. The van der Waals surface area contributed by atoms with Crippen LogP contribution in [0.4, 0.5) is 0 Å². The zero-order chi connectivity index (χ0) is 12.8. The van der Waals surface area contributed by atoms with Crippen molar-refractivity contribution in [3.63, 3.8) is 0 Å². The van der Waals surface area contributed by atoms with Crippen LogP contribution in [0.3, 0.4) is 0 Å². The SMILES string of the molecule is CCCCn1nnnc1CN1CCCCC1CC. The second-order valence-electron chi connectivity index (χ2n) is 5.20. The van der Waals surface area contributed by atoms with E-state index in [0.717, 1.165) is 31.4 Å². The first-order chi connectivity index (χ1) is 8.85. The Labute approximate surface area is 110 Å². The van der Waals surface area contributed by atoms with Crippen molar-refractivity contribution in [1.82, 2.24) is 25.1 Å². The minimum atomic E-state index is 0.718. The second kappa shape index (κ2) is 6.83. The zero-order valence-corrected chi connectivity index (χ0v) is 11.7. The maximum absolute atomic E-state index is 4.19. The van der Waals surface area contributed by atoms with Crippen LogP contribution in [0.1, 0.15) is 58.2 Å². The van der Waals surface area contributed by atoms with Crippen LogP contribution in [0, 0.1) is 0 Å². The fourth-order valence-electron chi connectivity index (χ4n) is 2.73. The number of nitrogens with zero attached hydrogens (tertiary/aromatic N) is 5. The highest BCUT2D eigenvalue weighted by atomic mass is 15.5.